The summed E-state index contributed by atoms with van der Waals surface area (Å²) in [6.07, 6.45) is 5.80. The predicted octanol–water partition coefficient (Wildman–Crippen LogP) is 2.43. The number of halogens is 1. The largest absolute Gasteiger partial charge is 0.476 e. The zero-order valence-corrected chi connectivity index (χ0v) is 13.1. The lowest BCUT2D eigenvalue weighted by Crippen LogP contribution is -2.33. The highest BCUT2D eigenvalue weighted by atomic mass is 79.9. The van der Waals surface area contributed by atoms with Crippen molar-refractivity contribution in [1.29, 1.82) is 0 Å². The fourth-order valence-corrected chi connectivity index (χ4v) is 2.75. The van der Waals surface area contributed by atoms with Crippen LogP contribution in [0.1, 0.15) is 24.8 Å². The predicted molar refractivity (Wildman–Crippen MR) is 80.5 cm³/mol. The van der Waals surface area contributed by atoms with Crippen LogP contribution in [0.25, 0.3) is 0 Å². The van der Waals surface area contributed by atoms with E-state index in [0.29, 0.717) is 6.61 Å². The van der Waals surface area contributed by atoms with Crippen LogP contribution < -0.4 is 10.1 Å². The summed E-state index contributed by atoms with van der Waals surface area (Å²) in [5, 5.41) is 3.14. The Balaban J connectivity index is 1.84. The van der Waals surface area contributed by atoms with Crippen molar-refractivity contribution in [3.63, 3.8) is 0 Å². The van der Waals surface area contributed by atoms with Gasteiger partial charge < -0.3 is 10.1 Å². The van der Waals surface area contributed by atoms with E-state index in [9.17, 15) is 0 Å². The van der Waals surface area contributed by atoms with E-state index in [4.69, 9.17) is 4.74 Å². The lowest BCUT2D eigenvalue weighted by Gasteiger charge is -2.26. The second kappa shape index (κ2) is 7.82. The Hall–Kier alpha value is -0.650. The molecule has 19 heavy (non-hydrogen) atoms. The van der Waals surface area contributed by atoms with Gasteiger partial charge in [0.05, 0.1) is 0 Å². The standard InChI is InChI=1S/C14H22BrN3O/c1-16-10-12-9-13(15)11-17-14(12)19-8-7-18-5-3-2-4-6-18/h9,11,16H,2-8,10H2,1H3. The van der Waals surface area contributed by atoms with E-state index in [1.54, 1.807) is 6.20 Å². The van der Waals surface area contributed by atoms with Crippen molar-refractivity contribution in [3.05, 3.63) is 22.3 Å². The van der Waals surface area contributed by atoms with Crippen molar-refractivity contribution >= 4 is 15.9 Å². The van der Waals surface area contributed by atoms with E-state index in [1.807, 2.05) is 7.05 Å². The molecule has 1 aliphatic rings. The van der Waals surface area contributed by atoms with Gasteiger partial charge in [0, 0.05) is 29.3 Å². The van der Waals surface area contributed by atoms with Crippen LogP contribution in [0, 0.1) is 0 Å². The number of piperidine rings is 1. The fraction of sp³-hybridized carbons (Fsp3) is 0.643. The quantitative estimate of drug-likeness (QED) is 0.870. The van der Waals surface area contributed by atoms with E-state index in [1.165, 1.54) is 32.4 Å². The molecule has 0 aromatic carbocycles. The minimum absolute atomic E-state index is 0.714. The number of hydrogen-bond acceptors (Lipinski definition) is 4. The van der Waals surface area contributed by atoms with Crippen molar-refractivity contribution in [3.8, 4) is 5.88 Å². The first-order chi connectivity index (χ1) is 9.29. The van der Waals surface area contributed by atoms with Crippen LogP contribution in [0.15, 0.2) is 16.7 Å². The maximum atomic E-state index is 5.83. The lowest BCUT2D eigenvalue weighted by atomic mass is 10.1. The molecule has 106 valence electrons. The summed E-state index contributed by atoms with van der Waals surface area (Å²) in [7, 11) is 1.93. The minimum atomic E-state index is 0.714. The van der Waals surface area contributed by atoms with Crippen LogP contribution in [0.2, 0.25) is 0 Å². The van der Waals surface area contributed by atoms with Gasteiger partial charge in [-0.1, -0.05) is 6.42 Å². The first kappa shape index (κ1) is 14.8. The average Bonchev–Trinajstić information content (AvgIpc) is 2.43. The van der Waals surface area contributed by atoms with Crippen LogP contribution in [-0.2, 0) is 6.54 Å². The van der Waals surface area contributed by atoms with Crippen LogP contribution in [0.4, 0.5) is 0 Å². The van der Waals surface area contributed by atoms with Gasteiger partial charge in [0.1, 0.15) is 6.61 Å². The van der Waals surface area contributed by atoms with Gasteiger partial charge in [0.25, 0.3) is 0 Å². The van der Waals surface area contributed by atoms with Gasteiger partial charge in [0.2, 0.25) is 5.88 Å². The molecule has 4 nitrogen and oxygen atoms in total. The van der Waals surface area contributed by atoms with E-state index >= 15 is 0 Å². The SMILES string of the molecule is CNCc1cc(Br)cnc1OCCN1CCCCC1. The maximum Gasteiger partial charge on any atom is 0.217 e. The Morgan fingerprint density at radius 3 is 2.89 bits per heavy atom. The topological polar surface area (TPSA) is 37.4 Å². The third-order valence-electron chi connectivity index (χ3n) is 3.35. The van der Waals surface area contributed by atoms with Crippen molar-refractivity contribution in [1.82, 2.24) is 15.2 Å². The second-order valence-electron chi connectivity index (χ2n) is 4.90. The number of ether oxygens (including phenoxy) is 1. The van der Waals surface area contributed by atoms with E-state index < -0.39 is 0 Å². The zero-order chi connectivity index (χ0) is 13.5. The smallest absolute Gasteiger partial charge is 0.217 e. The molecule has 1 aromatic heterocycles. The monoisotopic (exact) mass is 327 g/mol. The first-order valence-electron chi connectivity index (χ1n) is 6.94. The summed E-state index contributed by atoms with van der Waals surface area (Å²) in [6.45, 7) is 4.90. The molecule has 5 heteroatoms. The molecule has 0 amide bonds. The van der Waals surface area contributed by atoms with Gasteiger partial charge >= 0.3 is 0 Å². The normalized spacial score (nSPS) is 16.5. The number of pyridine rings is 1. The average molecular weight is 328 g/mol. The molecule has 0 radical (unpaired) electrons. The van der Waals surface area contributed by atoms with Crippen molar-refractivity contribution in [2.24, 2.45) is 0 Å². The summed E-state index contributed by atoms with van der Waals surface area (Å²) in [5.41, 5.74) is 1.09. The number of nitrogens with zero attached hydrogens (tertiary/aromatic N) is 2. The number of aromatic nitrogens is 1. The summed E-state index contributed by atoms with van der Waals surface area (Å²) in [4.78, 5) is 6.82. The molecule has 2 heterocycles. The van der Waals surface area contributed by atoms with Gasteiger partial charge in [-0.05, 0) is 55.0 Å². The Morgan fingerprint density at radius 2 is 2.16 bits per heavy atom. The highest BCUT2D eigenvalue weighted by molar-refractivity contribution is 9.10. The van der Waals surface area contributed by atoms with Crippen LogP contribution in [0.5, 0.6) is 5.88 Å². The molecular weight excluding hydrogens is 306 g/mol. The van der Waals surface area contributed by atoms with Gasteiger partial charge in [-0.25, -0.2) is 4.98 Å². The number of nitrogens with one attached hydrogen (secondary N) is 1. The summed E-state index contributed by atoms with van der Waals surface area (Å²) in [6, 6.07) is 2.06. The molecule has 0 spiro atoms. The van der Waals surface area contributed by atoms with Crippen molar-refractivity contribution in [2.75, 3.05) is 33.3 Å². The van der Waals surface area contributed by atoms with Gasteiger partial charge in [0.15, 0.2) is 0 Å². The summed E-state index contributed by atoms with van der Waals surface area (Å²) in [5.74, 6) is 0.745. The van der Waals surface area contributed by atoms with Gasteiger partial charge in [-0.2, -0.15) is 0 Å². The van der Waals surface area contributed by atoms with Crippen LogP contribution in [0.3, 0.4) is 0 Å². The molecule has 1 aliphatic heterocycles. The summed E-state index contributed by atoms with van der Waals surface area (Å²) < 4.78 is 6.82. The fourth-order valence-electron chi connectivity index (χ4n) is 2.37. The molecule has 0 saturated carbocycles. The Labute approximate surface area is 123 Å². The first-order valence-corrected chi connectivity index (χ1v) is 7.73. The van der Waals surface area contributed by atoms with E-state index in [-0.39, 0.29) is 0 Å². The number of likely N-dealkylation sites (tertiary alicyclic amines) is 1. The molecule has 0 aliphatic carbocycles. The molecular formula is C14H22BrN3O. The molecule has 0 unspecified atom stereocenters. The lowest BCUT2D eigenvalue weighted by molar-refractivity contribution is 0.179. The Kier molecular flexibility index (Phi) is 6.07. The zero-order valence-electron chi connectivity index (χ0n) is 11.5. The van der Waals surface area contributed by atoms with Gasteiger partial charge in [-0.3, -0.25) is 4.90 Å². The number of rotatable bonds is 6. The van der Waals surface area contributed by atoms with Gasteiger partial charge in [-0.15, -0.1) is 0 Å². The third-order valence-corrected chi connectivity index (χ3v) is 3.79. The molecule has 0 atom stereocenters. The molecule has 1 aromatic rings. The third kappa shape index (κ3) is 4.75. The van der Waals surface area contributed by atoms with E-state index in [0.717, 1.165) is 29.0 Å². The summed E-state index contributed by atoms with van der Waals surface area (Å²) >= 11 is 3.44. The molecule has 1 fully saturated rings. The highest BCUT2D eigenvalue weighted by Gasteiger charge is 2.11. The molecule has 2 rings (SSSR count). The molecule has 1 saturated heterocycles. The van der Waals surface area contributed by atoms with Crippen molar-refractivity contribution < 1.29 is 4.74 Å². The maximum absolute atomic E-state index is 5.83. The second-order valence-corrected chi connectivity index (χ2v) is 5.81. The highest BCUT2D eigenvalue weighted by Crippen LogP contribution is 2.20. The van der Waals surface area contributed by atoms with Crippen LogP contribution >= 0.6 is 15.9 Å². The van der Waals surface area contributed by atoms with Crippen LogP contribution in [-0.4, -0.2) is 43.2 Å². The minimum Gasteiger partial charge on any atom is -0.476 e. The Bertz CT molecular complexity index is 394. The molecule has 1 N–H and O–H groups in total. The number of hydrogen-bond donors (Lipinski definition) is 1. The van der Waals surface area contributed by atoms with Crippen molar-refractivity contribution in [2.45, 2.75) is 25.8 Å². The molecule has 0 bridgehead atoms. The van der Waals surface area contributed by atoms with E-state index in [2.05, 4.69) is 37.2 Å². The Morgan fingerprint density at radius 1 is 1.37 bits per heavy atom.